The van der Waals surface area contributed by atoms with Crippen LogP contribution in [0, 0.1) is 0 Å². The third-order valence-electron chi connectivity index (χ3n) is 0.809. The second-order valence-electron chi connectivity index (χ2n) is 1.72. The summed E-state index contributed by atoms with van der Waals surface area (Å²) in [5.74, 6) is 0. The molecule has 5 nitrogen and oxygen atoms in total. The molecule has 0 rings (SSSR count). The number of rotatable bonds is 5. The Morgan fingerprint density at radius 3 is 2.46 bits per heavy atom. The molecule has 7 heteroatoms. The van der Waals surface area contributed by atoms with Gasteiger partial charge < -0.3 is 9.44 Å². The zero-order valence-corrected chi connectivity index (χ0v) is 10.3. The van der Waals surface area contributed by atoms with Crippen molar-refractivity contribution in [2.75, 3.05) is 6.61 Å². The molecule has 0 aromatic carbocycles. The van der Waals surface area contributed by atoms with Crippen molar-refractivity contribution in [1.29, 1.82) is 0 Å². The minimum atomic E-state index is -4.57. The fourth-order valence-electron chi connectivity index (χ4n) is 0.374. The Bertz CT molecular complexity index is 269. The maximum atomic E-state index is 10.3. The number of allylic oxidation sites excluding steroid dienone is 1. The van der Waals surface area contributed by atoms with E-state index in [1.807, 2.05) is 0 Å². The van der Waals surface area contributed by atoms with E-state index in [0.29, 0.717) is 0 Å². The van der Waals surface area contributed by atoms with E-state index >= 15 is 0 Å². The van der Waals surface area contributed by atoms with Crippen LogP contribution in [0.5, 0.6) is 0 Å². The predicted molar refractivity (Wildman–Crippen MR) is 40.7 cm³/mol. The van der Waals surface area contributed by atoms with Crippen LogP contribution in [0.4, 0.5) is 0 Å². The van der Waals surface area contributed by atoms with E-state index in [4.69, 9.17) is 0 Å². The largest absolute Gasteiger partial charge is 1.00 e. The Morgan fingerprint density at radius 2 is 2.15 bits per heavy atom. The maximum Gasteiger partial charge on any atom is 1.00 e. The van der Waals surface area contributed by atoms with Gasteiger partial charge in [0.05, 0.1) is 0 Å². The van der Waals surface area contributed by atoms with Gasteiger partial charge in [0.1, 0.15) is 6.61 Å². The number of hydrogen-bond donors (Lipinski definition) is 0. The molecule has 0 aliphatic heterocycles. The fraction of sp³-hybridized carbons (Fsp3) is 0.333. The van der Waals surface area contributed by atoms with Crippen molar-refractivity contribution in [1.82, 2.24) is 0 Å². The Balaban J connectivity index is 0. The van der Waals surface area contributed by atoms with Gasteiger partial charge in [-0.05, 0) is 13.0 Å². The zero-order chi connectivity index (χ0) is 9.61. The fourth-order valence-corrected chi connectivity index (χ4v) is 0.794. The molecule has 0 saturated heterocycles. The van der Waals surface area contributed by atoms with Gasteiger partial charge in [-0.1, -0.05) is 6.08 Å². The minimum absolute atomic E-state index is 0. The van der Waals surface area contributed by atoms with Crippen LogP contribution in [0.3, 0.4) is 0 Å². The first-order chi connectivity index (χ1) is 5.52. The average Bonchev–Trinajstić information content (AvgIpc) is 1.95. The summed E-state index contributed by atoms with van der Waals surface area (Å²) in [6.07, 6.45) is 2.36. The van der Waals surface area contributed by atoms with Gasteiger partial charge in [-0.25, -0.2) is 8.42 Å². The molecule has 0 aliphatic carbocycles. The van der Waals surface area contributed by atoms with Crippen molar-refractivity contribution in [3.63, 3.8) is 0 Å². The molecule has 0 aliphatic rings. The first-order valence-corrected chi connectivity index (χ1v) is 4.45. The molecular formula is C6H9NaO5S. The van der Waals surface area contributed by atoms with E-state index in [9.17, 15) is 13.0 Å². The van der Waals surface area contributed by atoms with Gasteiger partial charge in [-0.2, -0.15) is 4.89 Å². The van der Waals surface area contributed by atoms with E-state index in [-0.39, 0.29) is 36.2 Å². The summed E-state index contributed by atoms with van der Waals surface area (Å²) in [5, 5.41) is -0.746. The molecule has 70 valence electrons. The van der Waals surface area contributed by atoms with Gasteiger partial charge in [0.2, 0.25) is 5.09 Å². The van der Waals surface area contributed by atoms with E-state index in [2.05, 4.69) is 16.4 Å². The van der Waals surface area contributed by atoms with Crippen molar-refractivity contribution in [3.8, 4) is 0 Å². The molecular weight excluding hydrogens is 207 g/mol. The van der Waals surface area contributed by atoms with Gasteiger partial charge in [0.15, 0.2) is 10.1 Å². The maximum absolute atomic E-state index is 10.3. The van der Waals surface area contributed by atoms with Crippen LogP contribution in [0.15, 0.2) is 23.8 Å². The number of hydrogen-bond acceptors (Lipinski definition) is 5. The summed E-state index contributed by atoms with van der Waals surface area (Å²) in [6.45, 7) is 4.65. The molecule has 0 atom stereocenters. The van der Waals surface area contributed by atoms with Gasteiger partial charge in [0, 0.05) is 0 Å². The minimum Gasteiger partial charge on any atom is -0.742 e. The standard InChI is InChI=1S/C6H10O5S.Na/c1-3-5-10-11-6(4-2)12(7,8)9;/h3-4H,1,5H2,2H3,(H,7,8,9);/q;+1/p-1/b6-4+;. The summed E-state index contributed by atoms with van der Waals surface area (Å²) >= 11 is 0. The summed E-state index contributed by atoms with van der Waals surface area (Å²) in [5.41, 5.74) is 0. The smallest absolute Gasteiger partial charge is 0.742 e. The quantitative estimate of drug-likeness (QED) is 0.0968. The molecule has 0 amide bonds. The van der Waals surface area contributed by atoms with Gasteiger partial charge >= 0.3 is 29.6 Å². The van der Waals surface area contributed by atoms with Crippen LogP contribution < -0.4 is 29.6 Å². The van der Waals surface area contributed by atoms with Crippen LogP contribution in [-0.2, 0) is 19.9 Å². The summed E-state index contributed by atoms with van der Waals surface area (Å²) in [4.78, 5) is 8.48. The first-order valence-electron chi connectivity index (χ1n) is 3.05. The Morgan fingerprint density at radius 1 is 1.62 bits per heavy atom. The second-order valence-corrected chi connectivity index (χ2v) is 3.03. The van der Waals surface area contributed by atoms with Gasteiger partial charge in [0.25, 0.3) is 0 Å². The third-order valence-corrected chi connectivity index (χ3v) is 1.61. The molecule has 0 heterocycles. The molecule has 0 saturated carbocycles. The summed E-state index contributed by atoms with van der Waals surface area (Å²) in [7, 11) is -4.57. The van der Waals surface area contributed by atoms with Crippen molar-refractivity contribution >= 4 is 10.1 Å². The summed E-state index contributed by atoms with van der Waals surface area (Å²) in [6, 6.07) is 0. The van der Waals surface area contributed by atoms with Crippen LogP contribution in [0.1, 0.15) is 6.92 Å². The van der Waals surface area contributed by atoms with E-state index in [0.717, 1.165) is 6.08 Å². The molecule has 0 radical (unpaired) electrons. The van der Waals surface area contributed by atoms with E-state index < -0.39 is 15.2 Å². The molecule has 0 unspecified atom stereocenters. The molecule has 0 aromatic heterocycles. The van der Waals surface area contributed by atoms with Crippen molar-refractivity contribution in [2.24, 2.45) is 0 Å². The Kier molecular flexibility index (Phi) is 9.06. The first kappa shape index (κ1) is 15.6. The third kappa shape index (κ3) is 7.24. The molecule has 0 aromatic rings. The van der Waals surface area contributed by atoms with Gasteiger partial charge in [-0.15, -0.1) is 6.58 Å². The van der Waals surface area contributed by atoms with Crippen molar-refractivity contribution < 1.29 is 52.3 Å². The molecule has 13 heavy (non-hydrogen) atoms. The molecule has 0 bridgehead atoms. The monoisotopic (exact) mass is 216 g/mol. The summed E-state index contributed by atoms with van der Waals surface area (Å²) < 4.78 is 30.9. The predicted octanol–water partition coefficient (Wildman–Crippen LogP) is -2.47. The Labute approximate surface area is 99.4 Å². The van der Waals surface area contributed by atoms with Crippen LogP contribution in [0.2, 0.25) is 0 Å². The average molecular weight is 216 g/mol. The van der Waals surface area contributed by atoms with Gasteiger partial charge in [-0.3, -0.25) is 0 Å². The van der Waals surface area contributed by atoms with Crippen molar-refractivity contribution in [3.05, 3.63) is 23.8 Å². The van der Waals surface area contributed by atoms with Crippen LogP contribution in [0.25, 0.3) is 0 Å². The molecule has 0 N–H and O–H groups in total. The Hall–Kier alpha value is 0.150. The van der Waals surface area contributed by atoms with Crippen LogP contribution >= 0.6 is 0 Å². The van der Waals surface area contributed by atoms with E-state index in [1.54, 1.807) is 0 Å². The zero-order valence-electron chi connectivity index (χ0n) is 7.52. The second kappa shape index (κ2) is 7.54. The molecule has 0 fully saturated rings. The SMILES string of the molecule is C=CCOO/C(=C\C)S(=O)(=O)[O-].[Na+]. The van der Waals surface area contributed by atoms with Crippen molar-refractivity contribution in [2.45, 2.75) is 6.92 Å². The molecule has 0 spiro atoms. The topological polar surface area (TPSA) is 75.7 Å². The van der Waals surface area contributed by atoms with Crippen LogP contribution in [-0.4, -0.2) is 19.6 Å². The normalized spacial score (nSPS) is 11.7. The van der Waals surface area contributed by atoms with E-state index in [1.165, 1.54) is 13.0 Å².